The Labute approximate surface area is 189 Å². The van der Waals surface area contributed by atoms with Crippen LogP contribution in [0, 0.1) is 5.82 Å². The summed E-state index contributed by atoms with van der Waals surface area (Å²) in [5.41, 5.74) is 0.809. The lowest BCUT2D eigenvalue weighted by Gasteiger charge is -2.21. The summed E-state index contributed by atoms with van der Waals surface area (Å²) in [6, 6.07) is 14.9. The van der Waals surface area contributed by atoms with Crippen molar-refractivity contribution in [2.75, 3.05) is 4.90 Å². The fourth-order valence-electron chi connectivity index (χ4n) is 3.97. The highest BCUT2D eigenvalue weighted by Gasteiger charge is 2.48. The Balaban J connectivity index is 1.49. The normalized spacial score (nSPS) is 16.5. The molecule has 1 atom stereocenters. The quantitative estimate of drug-likeness (QED) is 0.353. The molecule has 4 heterocycles. The van der Waals surface area contributed by atoms with Gasteiger partial charge in [-0.25, -0.2) is 9.37 Å². The van der Waals surface area contributed by atoms with Gasteiger partial charge < -0.3 is 13.9 Å². The number of benzene rings is 2. The zero-order valence-electron chi connectivity index (χ0n) is 16.7. The molecule has 2 aromatic carbocycles. The molecule has 0 radical (unpaired) electrons. The molecule has 9 heteroatoms. The van der Waals surface area contributed by atoms with Crippen LogP contribution in [0.2, 0.25) is 0 Å². The van der Waals surface area contributed by atoms with Crippen LogP contribution in [-0.4, -0.2) is 21.8 Å². The van der Waals surface area contributed by atoms with Crippen molar-refractivity contribution in [3.05, 3.63) is 95.6 Å². The van der Waals surface area contributed by atoms with E-state index < -0.39 is 29.3 Å². The molecule has 0 saturated carbocycles. The van der Waals surface area contributed by atoms with Crippen molar-refractivity contribution in [2.45, 2.75) is 6.04 Å². The second-order valence-electron chi connectivity index (χ2n) is 7.44. The summed E-state index contributed by atoms with van der Waals surface area (Å²) in [6.45, 7) is 0. The van der Waals surface area contributed by atoms with E-state index >= 15 is 0 Å². The minimum absolute atomic E-state index is 0.0182. The molecule has 0 aliphatic carbocycles. The number of hydrogen-bond acceptors (Lipinski definition) is 7. The molecule has 1 amide bonds. The Bertz CT molecular complexity index is 1560. The fourth-order valence-corrected chi connectivity index (χ4v) is 4.98. The largest absolute Gasteiger partial charge is 0.503 e. The number of halogens is 1. The number of carbonyl (C=O) groups excluding carboxylic acids is 2. The van der Waals surface area contributed by atoms with Gasteiger partial charge in [0, 0.05) is 5.39 Å². The molecule has 1 aliphatic rings. The van der Waals surface area contributed by atoms with Gasteiger partial charge in [-0.1, -0.05) is 29.5 Å². The molecule has 0 saturated heterocycles. The zero-order valence-corrected chi connectivity index (χ0v) is 17.5. The molecule has 1 aliphatic heterocycles. The number of ketones is 1. The van der Waals surface area contributed by atoms with E-state index in [0.29, 0.717) is 21.2 Å². The maximum Gasteiger partial charge on any atom is 0.296 e. The van der Waals surface area contributed by atoms with Crippen LogP contribution in [0.15, 0.2) is 87.1 Å². The van der Waals surface area contributed by atoms with Crippen molar-refractivity contribution in [3.63, 3.8) is 0 Å². The monoisotopic (exact) mass is 460 g/mol. The number of thiazole rings is 1. The molecule has 6 rings (SSSR count). The SMILES string of the molecule is O=C(C1=C(O)C(=O)N(c2nc3ccc(F)cc3s2)C1c1ccco1)c1cc2ccccc2o1. The molecular formula is C24H13FN2O5S. The number of nitrogens with zero attached hydrogens (tertiary/aromatic N) is 2. The third-order valence-electron chi connectivity index (χ3n) is 5.46. The van der Waals surface area contributed by atoms with E-state index in [4.69, 9.17) is 8.83 Å². The number of para-hydroxylation sites is 1. The summed E-state index contributed by atoms with van der Waals surface area (Å²) in [5, 5.41) is 11.7. The summed E-state index contributed by atoms with van der Waals surface area (Å²) < 4.78 is 25.4. The van der Waals surface area contributed by atoms with Crippen LogP contribution in [0.3, 0.4) is 0 Å². The number of furan rings is 2. The third-order valence-corrected chi connectivity index (χ3v) is 6.48. The van der Waals surface area contributed by atoms with Crippen LogP contribution in [0.5, 0.6) is 0 Å². The molecule has 162 valence electrons. The first-order valence-corrected chi connectivity index (χ1v) is 10.7. The Hall–Kier alpha value is -4.24. The number of hydrogen-bond donors (Lipinski definition) is 1. The second kappa shape index (κ2) is 7.14. The molecule has 1 unspecified atom stereocenters. The maximum atomic E-state index is 13.7. The van der Waals surface area contributed by atoms with Crippen LogP contribution in [0.1, 0.15) is 22.4 Å². The highest BCUT2D eigenvalue weighted by Crippen LogP contribution is 2.44. The molecule has 0 bridgehead atoms. The number of carbonyl (C=O) groups is 2. The second-order valence-corrected chi connectivity index (χ2v) is 8.45. The summed E-state index contributed by atoms with van der Waals surface area (Å²) in [6.07, 6.45) is 1.41. The predicted molar refractivity (Wildman–Crippen MR) is 119 cm³/mol. The summed E-state index contributed by atoms with van der Waals surface area (Å²) in [7, 11) is 0. The van der Waals surface area contributed by atoms with Crippen LogP contribution in [0.25, 0.3) is 21.2 Å². The highest BCUT2D eigenvalue weighted by molar-refractivity contribution is 7.22. The lowest BCUT2D eigenvalue weighted by atomic mass is 10.00. The first kappa shape index (κ1) is 19.4. The molecule has 3 aromatic heterocycles. The van der Waals surface area contributed by atoms with Gasteiger partial charge in [0.1, 0.15) is 23.2 Å². The van der Waals surface area contributed by atoms with Crippen LogP contribution in [-0.2, 0) is 4.79 Å². The van der Waals surface area contributed by atoms with Crippen molar-refractivity contribution in [2.24, 2.45) is 0 Å². The van der Waals surface area contributed by atoms with Crippen LogP contribution >= 0.6 is 11.3 Å². The molecule has 7 nitrogen and oxygen atoms in total. The van der Waals surface area contributed by atoms with Crippen LogP contribution < -0.4 is 4.90 Å². The number of aliphatic hydroxyl groups excluding tert-OH is 1. The van der Waals surface area contributed by atoms with E-state index in [1.807, 2.05) is 6.07 Å². The number of fused-ring (bicyclic) bond motifs is 2. The van der Waals surface area contributed by atoms with Crippen molar-refractivity contribution in [1.82, 2.24) is 4.98 Å². The number of anilines is 1. The molecule has 0 spiro atoms. The van der Waals surface area contributed by atoms with Crippen molar-refractivity contribution in [1.29, 1.82) is 0 Å². The minimum atomic E-state index is -1.07. The number of aliphatic hydroxyl groups is 1. The van der Waals surface area contributed by atoms with E-state index in [1.54, 1.807) is 36.4 Å². The van der Waals surface area contributed by atoms with Gasteiger partial charge in [0.25, 0.3) is 5.91 Å². The minimum Gasteiger partial charge on any atom is -0.503 e. The smallest absolute Gasteiger partial charge is 0.296 e. The van der Waals surface area contributed by atoms with Crippen molar-refractivity contribution < 1.29 is 27.9 Å². The van der Waals surface area contributed by atoms with Gasteiger partial charge in [-0.3, -0.25) is 14.5 Å². The van der Waals surface area contributed by atoms with Gasteiger partial charge in [0.2, 0.25) is 5.78 Å². The van der Waals surface area contributed by atoms with E-state index in [0.717, 1.165) is 11.3 Å². The summed E-state index contributed by atoms with van der Waals surface area (Å²) >= 11 is 1.07. The number of Topliss-reactive ketones (excluding diaryl/α,β-unsaturated/α-hetero) is 1. The van der Waals surface area contributed by atoms with E-state index in [-0.39, 0.29) is 22.2 Å². The Kier molecular flexibility index (Phi) is 4.21. The Morgan fingerprint density at radius 3 is 2.76 bits per heavy atom. The summed E-state index contributed by atoms with van der Waals surface area (Å²) in [5.74, 6) is -2.36. The molecule has 1 N–H and O–H groups in total. The highest BCUT2D eigenvalue weighted by atomic mass is 32.1. The fraction of sp³-hybridized carbons (Fsp3) is 0.0417. The molecule has 5 aromatic rings. The zero-order chi connectivity index (χ0) is 22.7. The average molecular weight is 460 g/mol. The van der Waals surface area contributed by atoms with Gasteiger partial charge in [0.15, 0.2) is 16.7 Å². The lowest BCUT2D eigenvalue weighted by Crippen LogP contribution is -2.30. The van der Waals surface area contributed by atoms with E-state index in [1.165, 1.54) is 29.4 Å². The van der Waals surface area contributed by atoms with Gasteiger partial charge in [-0.05, 0) is 42.5 Å². The van der Waals surface area contributed by atoms with Crippen molar-refractivity contribution >= 4 is 49.3 Å². The van der Waals surface area contributed by atoms with Gasteiger partial charge in [0.05, 0.1) is 22.1 Å². The average Bonchev–Trinajstić information content (AvgIpc) is 3.59. The van der Waals surface area contributed by atoms with Crippen molar-refractivity contribution in [3.8, 4) is 0 Å². The van der Waals surface area contributed by atoms with Gasteiger partial charge >= 0.3 is 0 Å². The van der Waals surface area contributed by atoms with Gasteiger partial charge in [-0.15, -0.1) is 0 Å². The van der Waals surface area contributed by atoms with Crippen LogP contribution in [0.4, 0.5) is 9.52 Å². The topological polar surface area (TPSA) is 96.8 Å². The maximum absolute atomic E-state index is 13.7. The number of rotatable bonds is 4. The Morgan fingerprint density at radius 1 is 1.12 bits per heavy atom. The number of aromatic nitrogens is 1. The summed E-state index contributed by atoms with van der Waals surface area (Å²) in [4.78, 5) is 32.2. The number of amides is 1. The van der Waals surface area contributed by atoms with E-state index in [2.05, 4.69) is 4.98 Å². The Morgan fingerprint density at radius 2 is 1.97 bits per heavy atom. The molecular weight excluding hydrogens is 447 g/mol. The first-order chi connectivity index (χ1) is 16.0. The molecule has 0 fully saturated rings. The van der Waals surface area contributed by atoms with E-state index in [9.17, 15) is 19.1 Å². The third kappa shape index (κ3) is 2.97. The lowest BCUT2D eigenvalue weighted by molar-refractivity contribution is -0.117. The first-order valence-electron chi connectivity index (χ1n) is 9.91. The molecule has 33 heavy (non-hydrogen) atoms. The van der Waals surface area contributed by atoms with Gasteiger partial charge in [-0.2, -0.15) is 0 Å². The standard InChI is InChI=1S/C24H13FN2O5S/c25-13-7-8-14-18(11-13)33-24(26-14)27-20(16-6-3-9-31-16)19(22(29)23(27)30)21(28)17-10-12-4-1-2-5-15(12)32-17/h1-11,20,29H. The predicted octanol–water partition coefficient (Wildman–Crippen LogP) is 5.56.